The van der Waals surface area contributed by atoms with Crippen LogP contribution in [0.2, 0.25) is 0 Å². The van der Waals surface area contributed by atoms with Crippen LogP contribution in [0.4, 0.5) is 22.0 Å². The number of fused-ring (bicyclic) bond motifs is 2. The van der Waals surface area contributed by atoms with Crippen molar-refractivity contribution in [3.05, 3.63) is 71.2 Å². The minimum Gasteiger partial charge on any atom is -0.455 e. The van der Waals surface area contributed by atoms with E-state index in [1.54, 1.807) is 0 Å². The molecule has 0 aliphatic carbocycles. The van der Waals surface area contributed by atoms with Crippen molar-refractivity contribution in [3.63, 3.8) is 0 Å². The number of aromatic amines is 1. The minimum atomic E-state index is -4.91. The Morgan fingerprint density at radius 3 is 2.71 bits per heavy atom. The van der Waals surface area contributed by atoms with E-state index in [0.29, 0.717) is 12.1 Å². The van der Waals surface area contributed by atoms with Gasteiger partial charge in [-0.05, 0) is 18.2 Å². The first-order chi connectivity index (χ1) is 14.8. The maximum Gasteiger partial charge on any atom is 0.437 e. The molecule has 12 heteroatoms. The molecule has 4 heterocycles. The lowest BCUT2D eigenvalue weighted by molar-refractivity contribution is -0.141. The molecule has 1 aliphatic heterocycles. The molecule has 1 atom stereocenters. The van der Waals surface area contributed by atoms with Crippen LogP contribution in [0.3, 0.4) is 0 Å². The van der Waals surface area contributed by atoms with E-state index in [-0.39, 0.29) is 35.4 Å². The Balaban J connectivity index is 1.65. The lowest BCUT2D eigenvalue weighted by Gasteiger charge is -2.33. The van der Waals surface area contributed by atoms with Crippen molar-refractivity contribution in [2.45, 2.75) is 18.6 Å². The van der Waals surface area contributed by atoms with Crippen LogP contribution in [0, 0.1) is 11.6 Å². The van der Waals surface area contributed by atoms with E-state index in [2.05, 4.69) is 15.0 Å². The van der Waals surface area contributed by atoms with Crippen molar-refractivity contribution in [2.75, 3.05) is 6.54 Å². The van der Waals surface area contributed by atoms with Crippen molar-refractivity contribution in [3.8, 4) is 0 Å². The van der Waals surface area contributed by atoms with Gasteiger partial charge in [-0.15, -0.1) is 0 Å². The molecule has 1 aliphatic rings. The molecule has 5 rings (SSSR count). The Morgan fingerprint density at radius 2 is 1.97 bits per heavy atom. The fraction of sp³-hybridized carbons (Fsp3) is 0.211. The quantitative estimate of drug-likeness (QED) is 0.474. The number of furan rings is 1. The lowest BCUT2D eigenvalue weighted by Crippen LogP contribution is -2.41. The smallest absolute Gasteiger partial charge is 0.437 e. The number of aromatic nitrogens is 3. The number of carbonyl (C=O) groups is 1. The molecule has 0 saturated carbocycles. The summed E-state index contributed by atoms with van der Waals surface area (Å²) in [7, 11) is 0. The molecule has 1 amide bonds. The highest BCUT2D eigenvalue weighted by Gasteiger charge is 2.44. The Kier molecular flexibility index (Phi) is 4.14. The monoisotopic (exact) mass is 438 g/mol. The first-order valence-electron chi connectivity index (χ1n) is 8.97. The maximum atomic E-state index is 14.2. The molecule has 1 aromatic carbocycles. The van der Waals surface area contributed by atoms with E-state index in [1.807, 2.05) is 0 Å². The molecule has 0 radical (unpaired) electrons. The van der Waals surface area contributed by atoms with Crippen molar-refractivity contribution in [1.29, 1.82) is 0 Å². The number of oxazole rings is 1. The highest BCUT2D eigenvalue weighted by Crippen LogP contribution is 2.39. The van der Waals surface area contributed by atoms with Gasteiger partial charge in [-0.25, -0.2) is 18.7 Å². The first kappa shape index (κ1) is 19.3. The van der Waals surface area contributed by atoms with Gasteiger partial charge >= 0.3 is 6.18 Å². The van der Waals surface area contributed by atoms with Crippen LogP contribution >= 0.6 is 0 Å². The third-order valence-corrected chi connectivity index (χ3v) is 5.09. The van der Waals surface area contributed by atoms with Gasteiger partial charge in [0.2, 0.25) is 5.76 Å². The zero-order chi connectivity index (χ0) is 21.9. The van der Waals surface area contributed by atoms with Crippen molar-refractivity contribution in [2.24, 2.45) is 0 Å². The van der Waals surface area contributed by atoms with Crippen LogP contribution in [0.15, 0.2) is 39.8 Å². The van der Waals surface area contributed by atoms with Crippen LogP contribution in [-0.2, 0) is 12.6 Å². The lowest BCUT2D eigenvalue weighted by atomic mass is 9.99. The maximum absolute atomic E-state index is 14.2. The van der Waals surface area contributed by atoms with E-state index >= 15 is 0 Å². The molecule has 0 bridgehead atoms. The second-order valence-electron chi connectivity index (χ2n) is 6.87. The second kappa shape index (κ2) is 6.65. The number of imidazole rings is 1. The van der Waals surface area contributed by atoms with Crippen molar-refractivity contribution in [1.82, 2.24) is 19.9 Å². The Labute approximate surface area is 169 Å². The average Bonchev–Trinajstić information content (AvgIpc) is 3.47. The number of amides is 1. The standard InChI is InChI=1S/C19H11F5N4O3/c20-9-1-2-10(21)15-8(9)5-12(31-15)14-13-11(25-6-26-13)3-4-28(14)18(29)16-17(19(22,23)24)27-7-30-16/h1-2,5-7,14H,3-4H2,(H,25,26)/t14-/m0/s1. The van der Waals surface area contributed by atoms with E-state index in [4.69, 9.17) is 8.83 Å². The van der Waals surface area contributed by atoms with Gasteiger partial charge in [0.25, 0.3) is 5.91 Å². The van der Waals surface area contributed by atoms with Gasteiger partial charge in [0, 0.05) is 18.7 Å². The van der Waals surface area contributed by atoms with E-state index in [1.165, 1.54) is 12.4 Å². The molecule has 0 fully saturated rings. The predicted octanol–water partition coefficient (Wildman–Crippen LogP) is 4.23. The molecule has 4 aromatic rings. The average molecular weight is 438 g/mol. The van der Waals surface area contributed by atoms with Crippen LogP contribution in [0.5, 0.6) is 0 Å². The summed E-state index contributed by atoms with van der Waals surface area (Å²) < 4.78 is 78.3. The van der Waals surface area contributed by atoms with E-state index in [0.717, 1.165) is 17.0 Å². The number of nitrogens with one attached hydrogen (secondary N) is 1. The normalized spacial score (nSPS) is 16.7. The third-order valence-electron chi connectivity index (χ3n) is 5.09. The van der Waals surface area contributed by atoms with Gasteiger partial charge < -0.3 is 18.7 Å². The third kappa shape index (κ3) is 2.97. The van der Waals surface area contributed by atoms with E-state index in [9.17, 15) is 26.7 Å². The largest absolute Gasteiger partial charge is 0.455 e. The summed E-state index contributed by atoms with van der Waals surface area (Å²) in [5.41, 5.74) is -0.942. The topological polar surface area (TPSA) is 88.2 Å². The summed E-state index contributed by atoms with van der Waals surface area (Å²) in [4.78, 5) is 24.3. The van der Waals surface area contributed by atoms with Crippen molar-refractivity contribution < 1.29 is 35.6 Å². The Bertz CT molecular complexity index is 1270. The minimum absolute atomic E-state index is 0.0291. The number of hydrogen-bond donors (Lipinski definition) is 1. The SMILES string of the molecule is O=C(c1ocnc1C(F)(F)F)N1CCc2[nH]cnc2[C@@H]1c1cc2c(F)ccc(F)c2o1. The summed E-state index contributed by atoms with van der Waals surface area (Å²) in [6.45, 7) is -0.0291. The number of benzene rings is 1. The van der Waals surface area contributed by atoms with Crippen molar-refractivity contribution >= 4 is 16.9 Å². The van der Waals surface area contributed by atoms with E-state index < -0.39 is 41.2 Å². The second-order valence-corrected chi connectivity index (χ2v) is 6.87. The van der Waals surface area contributed by atoms with Gasteiger partial charge in [0.15, 0.2) is 23.5 Å². The molecule has 160 valence electrons. The van der Waals surface area contributed by atoms with Gasteiger partial charge in [-0.3, -0.25) is 4.79 Å². The fourth-order valence-electron chi connectivity index (χ4n) is 3.73. The molecule has 7 nitrogen and oxygen atoms in total. The van der Waals surface area contributed by atoms with Gasteiger partial charge in [0.05, 0.1) is 17.4 Å². The predicted molar refractivity (Wildman–Crippen MR) is 92.8 cm³/mol. The van der Waals surface area contributed by atoms with Gasteiger partial charge in [-0.2, -0.15) is 13.2 Å². The van der Waals surface area contributed by atoms with Crippen LogP contribution in [0.25, 0.3) is 11.0 Å². The number of hydrogen-bond acceptors (Lipinski definition) is 5. The number of rotatable bonds is 2. The number of nitrogens with zero attached hydrogens (tertiary/aromatic N) is 3. The highest BCUT2D eigenvalue weighted by atomic mass is 19.4. The summed E-state index contributed by atoms with van der Waals surface area (Å²) in [5, 5.41) is -0.166. The summed E-state index contributed by atoms with van der Waals surface area (Å²) in [6, 6.07) is 1.87. The molecule has 0 saturated heterocycles. The molecule has 3 aromatic heterocycles. The zero-order valence-electron chi connectivity index (χ0n) is 15.3. The molecule has 31 heavy (non-hydrogen) atoms. The van der Waals surface area contributed by atoms with Gasteiger partial charge in [-0.1, -0.05) is 0 Å². The highest BCUT2D eigenvalue weighted by molar-refractivity contribution is 5.93. The van der Waals surface area contributed by atoms with Crippen LogP contribution in [0.1, 0.15) is 39.4 Å². The summed E-state index contributed by atoms with van der Waals surface area (Å²) >= 11 is 0. The Morgan fingerprint density at radius 1 is 1.19 bits per heavy atom. The summed E-state index contributed by atoms with van der Waals surface area (Å²) in [6.07, 6.45) is -2.77. The molecule has 1 N–H and O–H groups in total. The number of alkyl halides is 3. The number of halogens is 5. The molecule has 0 unspecified atom stereocenters. The van der Waals surface area contributed by atoms with Gasteiger partial charge in [0.1, 0.15) is 17.6 Å². The zero-order valence-corrected chi connectivity index (χ0v) is 15.3. The first-order valence-corrected chi connectivity index (χ1v) is 8.97. The number of carbonyl (C=O) groups excluding carboxylic acids is 1. The number of H-pyrrole nitrogens is 1. The fourth-order valence-corrected chi connectivity index (χ4v) is 3.73. The Hall–Kier alpha value is -3.70. The summed E-state index contributed by atoms with van der Waals surface area (Å²) in [5.74, 6) is -3.74. The molecular formula is C19H11F5N4O3. The molecular weight excluding hydrogens is 427 g/mol. The van der Waals surface area contributed by atoms with Crippen LogP contribution < -0.4 is 0 Å². The van der Waals surface area contributed by atoms with Crippen LogP contribution in [-0.4, -0.2) is 32.3 Å². The molecule has 0 spiro atoms.